The van der Waals surface area contributed by atoms with Gasteiger partial charge in [0.2, 0.25) is 0 Å². The topological polar surface area (TPSA) is 49.7 Å². The quantitative estimate of drug-likeness (QED) is 0.767. The first-order valence-corrected chi connectivity index (χ1v) is 4.69. The van der Waals surface area contributed by atoms with E-state index < -0.39 is 12.2 Å². The van der Waals surface area contributed by atoms with Crippen LogP contribution in [0.3, 0.4) is 0 Å². The van der Waals surface area contributed by atoms with Crippen molar-refractivity contribution in [1.29, 1.82) is 0 Å². The Labute approximate surface area is 84.0 Å². The van der Waals surface area contributed by atoms with E-state index in [9.17, 15) is 5.11 Å². The second-order valence-corrected chi connectivity index (χ2v) is 3.37. The number of aliphatic hydroxyl groups excluding tert-OH is 2. The van der Waals surface area contributed by atoms with Gasteiger partial charge in [-0.3, -0.25) is 0 Å². The summed E-state index contributed by atoms with van der Waals surface area (Å²) < 4.78 is 5.35. The van der Waals surface area contributed by atoms with E-state index in [1.165, 1.54) is 0 Å². The SMILES string of the molecule is C[C@H](O)COc1ccccc1[C@@H](C)O. The molecule has 0 unspecified atom stereocenters. The van der Waals surface area contributed by atoms with Gasteiger partial charge in [0.15, 0.2) is 0 Å². The van der Waals surface area contributed by atoms with Crippen LogP contribution in [0, 0.1) is 0 Å². The van der Waals surface area contributed by atoms with E-state index in [1.807, 2.05) is 18.2 Å². The molecule has 14 heavy (non-hydrogen) atoms. The summed E-state index contributed by atoms with van der Waals surface area (Å²) in [6.45, 7) is 3.58. The molecule has 0 saturated carbocycles. The van der Waals surface area contributed by atoms with Crippen molar-refractivity contribution in [3.05, 3.63) is 29.8 Å². The highest BCUT2D eigenvalue weighted by atomic mass is 16.5. The third kappa shape index (κ3) is 3.01. The van der Waals surface area contributed by atoms with Crippen LogP contribution < -0.4 is 4.74 Å². The summed E-state index contributed by atoms with van der Waals surface area (Å²) in [6.07, 6.45) is -1.06. The molecule has 3 heteroatoms. The van der Waals surface area contributed by atoms with Crippen LogP contribution in [0.4, 0.5) is 0 Å². The van der Waals surface area contributed by atoms with Crippen LogP contribution in [0.15, 0.2) is 24.3 Å². The van der Waals surface area contributed by atoms with Crippen LogP contribution in [0.5, 0.6) is 5.75 Å². The summed E-state index contributed by atoms with van der Waals surface area (Å²) >= 11 is 0. The van der Waals surface area contributed by atoms with Gasteiger partial charge in [0, 0.05) is 5.56 Å². The molecule has 0 spiro atoms. The molecule has 3 nitrogen and oxygen atoms in total. The van der Waals surface area contributed by atoms with Crippen LogP contribution in [0.25, 0.3) is 0 Å². The molecule has 1 rings (SSSR count). The number of hydrogen-bond donors (Lipinski definition) is 2. The molecule has 0 radical (unpaired) electrons. The maximum absolute atomic E-state index is 9.43. The fraction of sp³-hybridized carbons (Fsp3) is 0.455. The molecule has 2 atom stereocenters. The minimum atomic E-state index is -0.555. The van der Waals surface area contributed by atoms with E-state index in [2.05, 4.69) is 0 Å². The first kappa shape index (κ1) is 11.0. The molecule has 0 bridgehead atoms. The van der Waals surface area contributed by atoms with Crippen LogP contribution in [-0.2, 0) is 0 Å². The molecule has 1 aromatic rings. The molecule has 0 fully saturated rings. The van der Waals surface area contributed by atoms with E-state index >= 15 is 0 Å². The van der Waals surface area contributed by atoms with Gasteiger partial charge in [-0.1, -0.05) is 18.2 Å². The van der Waals surface area contributed by atoms with E-state index in [-0.39, 0.29) is 6.61 Å². The zero-order chi connectivity index (χ0) is 10.6. The Balaban J connectivity index is 2.74. The molecule has 0 heterocycles. The number of ether oxygens (including phenoxy) is 1. The van der Waals surface area contributed by atoms with E-state index in [0.29, 0.717) is 5.75 Å². The van der Waals surface area contributed by atoms with Gasteiger partial charge < -0.3 is 14.9 Å². The van der Waals surface area contributed by atoms with Gasteiger partial charge in [-0.15, -0.1) is 0 Å². The highest BCUT2D eigenvalue weighted by Gasteiger charge is 2.08. The number of benzene rings is 1. The Bertz CT molecular complexity index is 282. The predicted octanol–water partition coefficient (Wildman–Crippen LogP) is 1.50. The highest BCUT2D eigenvalue weighted by Crippen LogP contribution is 2.24. The molecular formula is C11H16O3. The zero-order valence-electron chi connectivity index (χ0n) is 8.47. The predicted molar refractivity (Wildman–Crippen MR) is 54.3 cm³/mol. The fourth-order valence-corrected chi connectivity index (χ4v) is 1.17. The maximum atomic E-state index is 9.43. The summed E-state index contributed by atoms with van der Waals surface area (Å²) in [5, 5.41) is 18.5. The van der Waals surface area contributed by atoms with Gasteiger partial charge in [-0.05, 0) is 19.9 Å². The van der Waals surface area contributed by atoms with Gasteiger partial charge >= 0.3 is 0 Å². The Hall–Kier alpha value is -1.06. The lowest BCUT2D eigenvalue weighted by atomic mass is 10.1. The number of rotatable bonds is 4. The largest absolute Gasteiger partial charge is 0.491 e. The average Bonchev–Trinajstić information content (AvgIpc) is 2.15. The van der Waals surface area contributed by atoms with Crippen molar-refractivity contribution >= 4 is 0 Å². The van der Waals surface area contributed by atoms with Gasteiger partial charge in [0.05, 0.1) is 12.2 Å². The second-order valence-electron chi connectivity index (χ2n) is 3.37. The summed E-state index contributed by atoms with van der Waals surface area (Å²) in [7, 11) is 0. The monoisotopic (exact) mass is 196 g/mol. The molecule has 0 aliphatic rings. The molecule has 0 aliphatic heterocycles. The van der Waals surface area contributed by atoms with E-state index in [4.69, 9.17) is 9.84 Å². The van der Waals surface area contributed by atoms with Crippen molar-refractivity contribution in [2.45, 2.75) is 26.1 Å². The van der Waals surface area contributed by atoms with E-state index in [1.54, 1.807) is 19.9 Å². The summed E-state index contributed by atoms with van der Waals surface area (Å²) in [5.41, 5.74) is 0.744. The van der Waals surface area contributed by atoms with Crippen molar-refractivity contribution in [3.8, 4) is 5.75 Å². The summed E-state index contributed by atoms with van der Waals surface area (Å²) in [6, 6.07) is 7.27. The minimum absolute atomic E-state index is 0.240. The van der Waals surface area contributed by atoms with Crippen LogP contribution in [0.1, 0.15) is 25.5 Å². The van der Waals surface area contributed by atoms with E-state index in [0.717, 1.165) is 5.56 Å². The normalized spacial score (nSPS) is 14.9. The van der Waals surface area contributed by atoms with Crippen molar-refractivity contribution in [3.63, 3.8) is 0 Å². The lowest BCUT2D eigenvalue weighted by Crippen LogP contribution is -2.13. The van der Waals surface area contributed by atoms with Gasteiger partial charge in [0.1, 0.15) is 12.4 Å². The minimum Gasteiger partial charge on any atom is -0.491 e. The van der Waals surface area contributed by atoms with Crippen LogP contribution >= 0.6 is 0 Å². The molecule has 78 valence electrons. The highest BCUT2D eigenvalue weighted by molar-refractivity contribution is 5.34. The average molecular weight is 196 g/mol. The lowest BCUT2D eigenvalue weighted by molar-refractivity contribution is 0.118. The Morgan fingerprint density at radius 3 is 2.43 bits per heavy atom. The summed E-state index contributed by atoms with van der Waals surface area (Å²) in [4.78, 5) is 0. The third-order valence-electron chi connectivity index (χ3n) is 1.85. The number of aliphatic hydroxyl groups is 2. The standard InChI is InChI=1S/C11H16O3/c1-8(12)7-14-11-6-4-3-5-10(11)9(2)13/h3-6,8-9,12-13H,7H2,1-2H3/t8-,9+/m0/s1. The van der Waals surface area contributed by atoms with Gasteiger partial charge in [-0.25, -0.2) is 0 Å². The lowest BCUT2D eigenvalue weighted by Gasteiger charge is -2.13. The van der Waals surface area contributed by atoms with Crippen molar-refractivity contribution in [2.75, 3.05) is 6.61 Å². The molecule has 0 saturated heterocycles. The number of para-hydroxylation sites is 1. The molecule has 2 N–H and O–H groups in total. The number of hydrogen-bond acceptors (Lipinski definition) is 3. The zero-order valence-corrected chi connectivity index (χ0v) is 8.47. The fourth-order valence-electron chi connectivity index (χ4n) is 1.17. The molecule has 1 aromatic carbocycles. The molecule has 0 amide bonds. The third-order valence-corrected chi connectivity index (χ3v) is 1.85. The van der Waals surface area contributed by atoms with Crippen LogP contribution in [-0.4, -0.2) is 22.9 Å². The second kappa shape index (κ2) is 4.98. The van der Waals surface area contributed by atoms with Crippen molar-refractivity contribution in [2.24, 2.45) is 0 Å². The first-order chi connectivity index (χ1) is 6.61. The van der Waals surface area contributed by atoms with Crippen molar-refractivity contribution < 1.29 is 14.9 Å². The Morgan fingerprint density at radius 1 is 1.21 bits per heavy atom. The van der Waals surface area contributed by atoms with Crippen LogP contribution in [0.2, 0.25) is 0 Å². The first-order valence-electron chi connectivity index (χ1n) is 4.69. The van der Waals surface area contributed by atoms with Gasteiger partial charge in [0.25, 0.3) is 0 Å². The smallest absolute Gasteiger partial charge is 0.125 e. The Morgan fingerprint density at radius 2 is 1.86 bits per heavy atom. The Kier molecular flexibility index (Phi) is 3.92. The maximum Gasteiger partial charge on any atom is 0.125 e. The molecular weight excluding hydrogens is 180 g/mol. The molecule has 0 aliphatic carbocycles. The van der Waals surface area contributed by atoms with Gasteiger partial charge in [-0.2, -0.15) is 0 Å². The van der Waals surface area contributed by atoms with Crippen molar-refractivity contribution in [1.82, 2.24) is 0 Å². The molecule has 0 aromatic heterocycles. The summed E-state index contributed by atoms with van der Waals surface area (Å²) in [5.74, 6) is 0.628.